The van der Waals surface area contributed by atoms with Gasteiger partial charge in [-0.1, -0.05) is 17.3 Å². The quantitative estimate of drug-likeness (QED) is 0.336. The Morgan fingerprint density at radius 2 is 1.62 bits per heavy atom. The van der Waals surface area contributed by atoms with Crippen LogP contribution in [0.3, 0.4) is 0 Å². The van der Waals surface area contributed by atoms with Gasteiger partial charge in [-0.2, -0.15) is 4.98 Å². The van der Waals surface area contributed by atoms with Crippen molar-refractivity contribution >= 4 is 22.1 Å². The third kappa shape index (κ3) is 2.92. The number of aromatic nitrogens is 3. The summed E-state index contributed by atoms with van der Waals surface area (Å²) in [6.45, 7) is 0. The maximum atomic E-state index is 13.2. The van der Waals surface area contributed by atoms with Crippen LogP contribution in [0.5, 0.6) is 5.95 Å². The molecule has 32 heavy (non-hydrogen) atoms. The van der Waals surface area contributed by atoms with Crippen molar-refractivity contribution in [3.05, 3.63) is 72.5 Å². The van der Waals surface area contributed by atoms with Gasteiger partial charge < -0.3 is 18.1 Å². The Morgan fingerprint density at radius 1 is 0.812 bits per heavy atom. The lowest BCUT2D eigenvalue weighted by molar-refractivity contribution is 0.316. The molecule has 6 rings (SSSR count). The number of hydrogen-bond donors (Lipinski definition) is 0. The van der Waals surface area contributed by atoms with Crippen LogP contribution in [0.15, 0.2) is 80.1 Å². The standard InChI is InChI=1S/C24H14FN3O4/c1-29-24-20(23-26-17-4-2-3-5-19(17)30-23)16-12-14(8-11-18(16)31-24)21-27-22(32-28-21)13-6-9-15(25)10-7-13/h2-12H,1H3. The van der Waals surface area contributed by atoms with E-state index in [4.69, 9.17) is 18.1 Å². The van der Waals surface area contributed by atoms with Crippen molar-refractivity contribution in [1.82, 2.24) is 15.1 Å². The molecule has 0 unspecified atom stereocenters. The average molecular weight is 427 g/mol. The van der Waals surface area contributed by atoms with Crippen molar-refractivity contribution in [2.24, 2.45) is 0 Å². The van der Waals surface area contributed by atoms with Crippen molar-refractivity contribution in [3.8, 4) is 40.2 Å². The molecular formula is C24H14FN3O4. The molecule has 0 atom stereocenters. The summed E-state index contributed by atoms with van der Waals surface area (Å²) in [4.78, 5) is 9.03. The van der Waals surface area contributed by atoms with E-state index in [0.29, 0.717) is 51.4 Å². The summed E-state index contributed by atoms with van der Waals surface area (Å²) in [6.07, 6.45) is 0. The first-order chi connectivity index (χ1) is 15.7. The van der Waals surface area contributed by atoms with Crippen LogP contribution in [0.1, 0.15) is 0 Å². The Balaban J connectivity index is 1.47. The van der Waals surface area contributed by atoms with Gasteiger partial charge in [0.05, 0.1) is 7.11 Å². The van der Waals surface area contributed by atoms with E-state index in [0.717, 1.165) is 10.9 Å². The monoisotopic (exact) mass is 427 g/mol. The molecule has 3 aromatic heterocycles. The second kappa shape index (κ2) is 7.05. The van der Waals surface area contributed by atoms with E-state index >= 15 is 0 Å². The fraction of sp³-hybridized carbons (Fsp3) is 0.0417. The van der Waals surface area contributed by atoms with Crippen LogP contribution < -0.4 is 4.74 Å². The zero-order valence-corrected chi connectivity index (χ0v) is 16.7. The first kappa shape index (κ1) is 18.3. The predicted molar refractivity (Wildman–Crippen MR) is 114 cm³/mol. The van der Waals surface area contributed by atoms with E-state index < -0.39 is 0 Å². The maximum Gasteiger partial charge on any atom is 0.298 e. The van der Waals surface area contributed by atoms with Gasteiger partial charge in [-0.3, -0.25) is 0 Å². The third-order valence-corrected chi connectivity index (χ3v) is 5.12. The van der Waals surface area contributed by atoms with E-state index in [2.05, 4.69) is 15.1 Å². The lowest BCUT2D eigenvalue weighted by Gasteiger charge is -1.97. The van der Waals surface area contributed by atoms with Gasteiger partial charge in [-0.25, -0.2) is 9.37 Å². The number of methoxy groups -OCH3 is 1. The van der Waals surface area contributed by atoms with Gasteiger partial charge in [-0.15, -0.1) is 0 Å². The molecule has 0 saturated carbocycles. The smallest absolute Gasteiger partial charge is 0.298 e. The zero-order valence-electron chi connectivity index (χ0n) is 16.7. The van der Waals surface area contributed by atoms with Crippen molar-refractivity contribution < 1.29 is 22.5 Å². The topological polar surface area (TPSA) is 87.3 Å². The van der Waals surface area contributed by atoms with Crippen LogP contribution in [0.2, 0.25) is 0 Å². The van der Waals surface area contributed by atoms with Gasteiger partial charge in [0.15, 0.2) is 5.58 Å². The Bertz CT molecular complexity index is 1550. The molecule has 8 heteroatoms. The first-order valence-corrected chi connectivity index (χ1v) is 9.76. The number of hydrogen-bond acceptors (Lipinski definition) is 7. The molecule has 6 aromatic rings. The number of ether oxygens (including phenoxy) is 1. The molecule has 0 N–H and O–H groups in total. The van der Waals surface area contributed by atoms with Crippen LogP contribution in [0.4, 0.5) is 4.39 Å². The number of para-hydroxylation sites is 2. The molecular weight excluding hydrogens is 413 g/mol. The average Bonchev–Trinajstić information content (AvgIpc) is 3.54. The second-order valence-electron chi connectivity index (χ2n) is 7.10. The minimum Gasteiger partial charge on any atom is -0.468 e. The third-order valence-electron chi connectivity index (χ3n) is 5.12. The maximum absolute atomic E-state index is 13.2. The molecule has 0 aliphatic heterocycles. The Labute approximate surface area is 180 Å². The number of halogens is 1. The lowest BCUT2D eigenvalue weighted by Crippen LogP contribution is -1.85. The van der Waals surface area contributed by atoms with Crippen LogP contribution in [-0.2, 0) is 0 Å². The summed E-state index contributed by atoms with van der Waals surface area (Å²) in [5, 5.41) is 4.81. The molecule has 7 nitrogen and oxygen atoms in total. The number of fused-ring (bicyclic) bond motifs is 2. The summed E-state index contributed by atoms with van der Waals surface area (Å²) < 4.78 is 35.8. The molecule has 3 aromatic carbocycles. The van der Waals surface area contributed by atoms with Gasteiger partial charge in [0, 0.05) is 16.5 Å². The highest BCUT2D eigenvalue weighted by molar-refractivity contribution is 5.98. The van der Waals surface area contributed by atoms with Crippen LogP contribution in [0.25, 0.3) is 56.4 Å². The SMILES string of the molecule is COc1oc2ccc(-c3noc(-c4ccc(F)cc4)n3)cc2c1-c1nc2ccccc2o1. The molecule has 0 fully saturated rings. The van der Waals surface area contributed by atoms with Crippen molar-refractivity contribution in [2.75, 3.05) is 7.11 Å². The van der Waals surface area contributed by atoms with Crippen LogP contribution in [-0.4, -0.2) is 22.2 Å². The number of benzene rings is 3. The summed E-state index contributed by atoms with van der Waals surface area (Å²) in [5.41, 5.74) is 3.93. The normalized spacial score (nSPS) is 11.4. The highest BCUT2D eigenvalue weighted by atomic mass is 19.1. The van der Waals surface area contributed by atoms with Crippen LogP contribution >= 0.6 is 0 Å². The predicted octanol–water partition coefficient (Wildman–Crippen LogP) is 6.11. The molecule has 0 bridgehead atoms. The van der Waals surface area contributed by atoms with Gasteiger partial charge >= 0.3 is 0 Å². The van der Waals surface area contributed by atoms with Crippen molar-refractivity contribution in [1.29, 1.82) is 0 Å². The molecule has 0 aliphatic carbocycles. The van der Waals surface area contributed by atoms with Gasteiger partial charge in [0.2, 0.25) is 11.7 Å². The van der Waals surface area contributed by atoms with E-state index in [-0.39, 0.29) is 5.82 Å². The Kier molecular flexibility index (Phi) is 4.04. The fourth-order valence-electron chi connectivity index (χ4n) is 3.59. The Morgan fingerprint density at radius 3 is 2.44 bits per heavy atom. The van der Waals surface area contributed by atoms with E-state index in [1.807, 2.05) is 36.4 Å². The van der Waals surface area contributed by atoms with Gasteiger partial charge in [0.25, 0.3) is 11.8 Å². The number of rotatable bonds is 4. The molecule has 156 valence electrons. The van der Waals surface area contributed by atoms with Gasteiger partial charge in [0.1, 0.15) is 22.5 Å². The molecule has 0 amide bonds. The highest BCUT2D eigenvalue weighted by Gasteiger charge is 2.23. The van der Waals surface area contributed by atoms with Crippen LogP contribution in [0, 0.1) is 5.82 Å². The van der Waals surface area contributed by atoms with Crippen molar-refractivity contribution in [2.45, 2.75) is 0 Å². The van der Waals surface area contributed by atoms with E-state index in [1.165, 1.54) is 19.2 Å². The van der Waals surface area contributed by atoms with Crippen molar-refractivity contribution in [3.63, 3.8) is 0 Å². The summed E-state index contributed by atoms with van der Waals surface area (Å²) in [5.74, 6) is 1.03. The van der Waals surface area contributed by atoms with Gasteiger partial charge in [-0.05, 0) is 54.6 Å². The minimum absolute atomic E-state index is 0.295. The summed E-state index contributed by atoms with van der Waals surface area (Å²) in [6, 6.07) is 18.8. The molecule has 3 heterocycles. The van der Waals surface area contributed by atoms with E-state index in [1.54, 1.807) is 18.2 Å². The number of nitrogens with zero attached hydrogens (tertiary/aromatic N) is 3. The molecule has 0 spiro atoms. The molecule has 0 radical (unpaired) electrons. The molecule has 0 aliphatic rings. The minimum atomic E-state index is -0.334. The fourth-order valence-corrected chi connectivity index (χ4v) is 3.59. The number of oxazole rings is 1. The largest absolute Gasteiger partial charge is 0.468 e. The van der Waals surface area contributed by atoms with E-state index in [9.17, 15) is 4.39 Å². The zero-order chi connectivity index (χ0) is 21.7. The molecule has 0 saturated heterocycles. The Hall–Kier alpha value is -4.46. The number of furan rings is 1. The first-order valence-electron chi connectivity index (χ1n) is 9.76. The lowest BCUT2D eigenvalue weighted by atomic mass is 10.1. The summed E-state index contributed by atoms with van der Waals surface area (Å²) >= 11 is 0. The highest BCUT2D eigenvalue weighted by Crippen LogP contribution is 2.41. The summed E-state index contributed by atoms with van der Waals surface area (Å²) in [7, 11) is 1.53. The second-order valence-corrected chi connectivity index (χ2v) is 7.10.